The number of piperidine rings is 1. The van der Waals surface area contributed by atoms with E-state index in [2.05, 4.69) is 27.3 Å². The van der Waals surface area contributed by atoms with E-state index in [4.69, 9.17) is 10.5 Å². The molecule has 0 radical (unpaired) electrons. The van der Waals surface area contributed by atoms with E-state index in [-0.39, 0.29) is 11.6 Å². The van der Waals surface area contributed by atoms with E-state index >= 15 is 0 Å². The molecule has 2 heterocycles. The number of carbonyl (C=O) groups excluding carboxylic acids is 2. The van der Waals surface area contributed by atoms with Crippen LogP contribution in [0.2, 0.25) is 0 Å². The number of primary amides is 1. The van der Waals surface area contributed by atoms with Crippen molar-refractivity contribution in [3.05, 3.63) is 62.6 Å². The van der Waals surface area contributed by atoms with Crippen molar-refractivity contribution in [2.45, 2.75) is 68.5 Å². The van der Waals surface area contributed by atoms with Gasteiger partial charge in [-0.3, -0.25) is 19.3 Å². The molecule has 0 spiro atoms. The number of hydrogen-bond acceptors (Lipinski definition) is 6. The highest BCUT2D eigenvalue weighted by Crippen LogP contribution is 2.57. The molecule has 4 aliphatic rings. The van der Waals surface area contributed by atoms with Crippen LogP contribution in [-0.2, 0) is 29.5 Å². The number of nitrogens with one attached hydrogen (secondary N) is 2. The van der Waals surface area contributed by atoms with Crippen molar-refractivity contribution in [1.29, 1.82) is 0 Å². The molecule has 4 unspecified atom stereocenters. The third kappa shape index (κ3) is 3.70. The number of rotatable bonds is 6. The van der Waals surface area contributed by atoms with Gasteiger partial charge in [-0.2, -0.15) is 0 Å². The Kier molecular flexibility index (Phi) is 5.51. The first-order chi connectivity index (χ1) is 17.6. The third-order valence-electron chi connectivity index (χ3n) is 9.25. The summed E-state index contributed by atoms with van der Waals surface area (Å²) in [6.45, 7) is 3.36. The fraction of sp³-hybridized carbons (Fsp3) is 0.536. The summed E-state index contributed by atoms with van der Waals surface area (Å²) in [4.78, 5) is 42.7. The number of nitrogens with two attached hydrogens (primary N) is 1. The number of aliphatic hydroxyl groups is 1. The minimum absolute atomic E-state index is 0.0602. The highest BCUT2D eigenvalue weighted by Gasteiger charge is 2.64. The minimum atomic E-state index is -1.07. The fourth-order valence-electron chi connectivity index (χ4n) is 7.02. The van der Waals surface area contributed by atoms with E-state index in [1.165, 1.54) is 25.3 Å². The zero-order valence-corrected chi connectivity index (χ0v) is 21.3. The highest BCUT2D eigenvalue weighted by atomic mass is 16.5. The lowest BCUT2D eigenvalue weighted by Crippen LogP contribution is -2.74. The van der Waals surface area contributed by atoms with E-state index in [0.29, 0.717) is 18.8 Å². The number of fused-ring (bicyclic) bond motifs is 2. The number of nitrogens with zero attached hydrogens (tertiary/aromatic N) is 1. The maximum Gasteiger partial charge on any atom is 0.261 e. The molecule has 2 fully saturated rings. The number of amides is 2. The number of likely N-dealkylation sites (tertiary alicyclic amines) is 1. The molecular weight excluding hydrogens is 472 g/mol. The van der Waals surface area contributed by atoms with Gasteiger partial charge in [0.15, 0.2) is 0 Å². The molecule has 1 saturated heterocycles. The lowest BCUT2D eigenvalue weighted by molar-refractivity contribution is -0.152. The second kappa shape index (κ2) is 8.43. The van der Waals surface area contributed by atoms with E-state index in [0.717, 1.165) is 48.5 Å². The Morgan fingerprint density at radius 3 is 2.76 bits per heavy atom. The summed E-state index contributed by atoms with van der Waals surface area (Å²) >= 11 is 0. The molecule has 9 heteroatoms. The zero-order valence-electron chi connectivity index (χ0n) is 21.3. The van der Waals surface area contributed by atoms with Crippen LogP contribution in [0.15, 0.2) is 29.1 Å². The van der Waals surface area contributed by atoms with Gasteiger partial charge >= 0.3 is 0 Å². The van der Waals surface area contributed by atoms with Gasteiger partial charge in [0.1, 0.15) is 17.4 Å². The molecule has 1 aromatic heterocycles. The number of hydrogen-bond donors (Lipinski definition) is 4. The quantitative estimate of drug-likeness (QED) is 0.457. The van der Waals surface area contributed by atoms with Gasteiger partial charge < -0.3 is 25.9 Å². The van der Waals surface area contributed by atoms with Crippen molar-refractivity contribution in [3.8, 4) is 5.75 Å². The van der Waals surface area contributed by atoms with Crippen LogP contribution in [0.1, 0.15) is 58.9 Å². The Morgan fingerprint density at radius 2 is 2.05 bits per heavy atom. The van der Waals surface area contributed by atoms with Crippen LogP contribution in [0.25, 0.3) is 0 Å². The van der Waals surface area contributed by atoms with Gasteiger partial charge in [0.25, 0.3) is 11.5 Å². The van der Waals surface area contributed by atoms with Crippen molar-refractivity contribution in [3.63, 3.8) is 0 Å². The largest absolute Gasteiger partial charge is 0.497 e. The smallest absolute Gasteiger partial charge is 0.261 e. The van der Waals surface area contributed by atoms with E-state index in [1.54, 1.807) is 13.2 Å². The second-order valence-corrected chi connectivity index (χ2v) is 11.4. The van der Waals surface area contributed by atoms with Crippen molar-refractivity contribution in [1.82, 2.24) is 15.2 Å². The monoisotopic (exact) mass is 506 g/mol. The van der Waals surface area contributed by atoms with Gasteiger partial charge in [0.05, 0.1) is 12.7 Å². The van der Waals surface area contributed by atoms with Crippen molar-refractivity contribution in [2.24, 2.45) is 11.7 Å². The molecule has 5 N–H and O–H groups in total. The molecule has 1 aromatic carbocycles. The predicted octanol–water partition coefficient (Wildman–Crippen LogP) is 0.795. The summed E-state index contributed by atoms with van der Waals surface area (Å²) in [5.41, 5.74) is 6.88. The summed E-state index contributed by atoms with van der Waals surface area (Å²) in [5, 5.41) is 15.2. The second-order valence-electron chi connectivity index (χ2n) is 11.4. The Morgan fingerprint density at radius 1 is 1.27 bits per heavy atom. The molecular formula is C28H34N4O5. The van der Waals surface area contributed by atoms with Gasteiger partial charge in [-0.15, -0.1) is 0 Å². The summed E-state index contributed by atoms with van der Waals surface area (Å²) in [6.07, 6.45) is 4.80. The lowest BCUT2D eigenvalue weighted by Gasteiger charge is -2.63. The number of benzene rings is 1. The molecule has 2 amide bonds. The van der Waals surface area contributed by atoms with Gasteiger partial charge in [-0.1, -0.05) is 6.07 Å². The summed E-state index contributed by atoms with van der Waals surface area (Å²) in [7, 11) is 1.65. The standard InChI is InChI=1S/C28H34N4O5/c1-15(24(29)33)30-25(34)20-9-18-12-28(36)23-10-17-5-6-19(37-2)11-21(17)27(28,13-22(18)31-26(20)35)7-8-32(23)14-16-3-4-16/h5-6,9,11,15-16,23,36H,3-4,7-8,10,12-14H2,1-2H3,(H2,29,33)(H,30,34)(H,31,35). The molecule has 196 valence electrons. The van der Waals surface area contributed by atoms with Gasteiger partial charge in [0, 0.05) is 36.5 Å². The first-order valence-electron chi connectivity index (χ1n) is 13.1. The number of aromatic amines is 1. The third-order valence-corrected chi connectivity index (χ3v) is 9.25. The van der Waals surface area contributed by atoms with E-state index in [9.17, 15) is 19.5 Å². The Bertz CT molecular complexity index is 1350. The van der Waals surface area contributed by atoms with Crippen LogP contribution in [0.3, 0.4) is 0 Å². The normalized spacial score (nSPS) is 28.9. The number of ether oxygens (including phenoxy) is 1. The van der Waals surface area contributed by atoms with Gasteiger partial charge in [0.2, 0.25) is 5.91 Å². The number of H-pyrrole nitrogens is 1. The molecule has 1 aliphatic heterocycles. The molecule has 2 aromatic rings. The van der Waals surface area contributed by atoms with Crippen molar-refractivity contribution < 1.29 is 19.4 Å². The average Bonchev–Trinajstić information content (AvgIpc) is 3.68. The van der Waals surface area contributed by atoms with Crippen molar-refractivity contribution in [2.75, 3.05) is 20.2 Å². The number of methoxy groups -OCH3 is 1. The van der Waals surface area contributed by atoms with Gasteiger partial charge in [-0.25, -0.2) is 0 Å². The topological polar surface area (TPSA) is 138 Å². The number of pyridine rings is 1. The summed E-state index contributed by atoms with van der Waals surface area (Å²) < 4.78 is 5.56. The maximum absolute atomic E-state index is 13.0. The Labute approximate surface area is 215 Å². The molecule has 6 rings (SSSR count). The maximum atomic E-state index is 13.0. The molecule has 1 saturated carbocycles. The van der Waals surface area contributed by atoms with Crippen LogP contribution in [-0.4, -0.2) is 64.7 Å². The molecule has 3 aliphatic carbocycles. The summed E-state index contributed by atoms with van der Waals surface area (Å²) in [6, 6.07) is 6.78. The molecule has 37 heavy (non-hydrogen) atoms. The zero-order chi connectivity index (χ0) is 26.1. The molecule has 2 bridgehead atoms. The van der Waals surface area contributed by atoms with Crippen molar-refractivity contribution >= 4 is 11.8 Å². The van der Waals surface area contributed by atoms with Crippen LogP contribution in [0.4, 0.5) is 0 Å². The predicted molar refractivity (Wildman–Crippen MR) is 137 cm³/mol. The van der Waals surface area contributed by atoms with Crippen LogP contribution in [0.5, 0.6) is 5.75 Å². The molecule has 9 nitrogen and oxygen atoms in total. The van der Waals surface area contributed by atoms with E-state index in [1.807, 2.05) is 6.07 Å². The number of carbonyl (C=O) groups is 2. The Hall–Kier alpha value is -3.17. The lowest BCUT2D eigenvalue weighted by atomic mass is 9.49. The minimum Gasteiger partial charge on any atom is -0.497 e. The summed E-state index contributed by atoms with van der Waals surface area (Å²) in [5.74, 6) is 0.114. The molecule has 4 atom stereocenters. The SMILES string of the molecule is COc1ccc2c(c1)C13CCN(CC4CC4)C(C2)C1(O)Cc1cc(C(=O)NC(C)C(N)=O)c(=O)[nH]c1C3. The van der Waals surface area contributed by atoms with Gasteiger partial charge in [-0.05, 0) is 80.0 Å². The number of aromatic nitrogens is 1. The highest BCUT2D eigenvalue weighted by molar-refractivity contribution is 5.97. The first-order valence-corrected chi connectivity index (χ1v) is 13.1. The Balaban J connectivity index is 1.45. The fourth-order valence-corrected chi connectivity index (χ4v) is 7.02. The average molecular weight is 507 g/mol. The van der Waals surface area contributed by atoms with E-state index < -0.39 is 34.4 Å². The van der Waals surface area contributed by atoms with Crippen LogP contribution < -0.4 is 21.3 Å². The van der Waals surface area contributed by atoms with Crippen LogP contribution >= 0.6 is 0 Å². The first kappa shape index (κ1) is 24.2. The van der Waals surface area contributed by atoms with Crippen LogP contribution in [0, 0.1) is 5.92 Å².